The number of rotatable bonds is 2. The number of hydrogen-bond donors (Lipinski definition) is 2. The average Bonchev–Trinajstić information content (AvgIpc) is 3.01. The number of piperidine rings is 1. The number of thiophene rings is 1. The number of anilines is 2. The summed E-state index contributed by atoms with van der Waals surface area (Å²) in [5.74, 6) is 0.267. The topological polar surface area (TPSA) is 102 Å². The van der Waals surface area contributed by atoms with Gasteiger partial charge >= 0.3 is 5.97 Å². The monoisotopic (exact) mass is 360 g/mol. The molecule has 4 heterocycles. The van der Waals surface area contributed by atoms with E-state index in [0.717, 1.165) is 54.3 Å². The van der Waals surface area contributed by atoms with Crippen molar-refractivity contribution in [3.63, 3.8) is 0 Å². The molecule has 1 spiro atoms. The normalized spacial score (nSPS) is 19.0. The number of carboxylic acids is 1. The zero-order chi connectivity index (χ0) is 17.6. The number of aromatic nitrogens is 2. The molecule has 0 atom stereocenters. The second-order valence-electron chi connectivity index (χ2n) is 6.58. The van der Waals surface area contributed by atoms with E-state index in [1.807, 2.05) is 19.1 Å². The summed E-state index contributed by atoms with van der Waals surface area (Å²) in [4.78, 5) is 23.5. The lowest BCUT2D eigenvalue weighted by Gasteiger charge is -2.44. The highest BCUT2D eigenvalue weighted by Crippen LogP contribution is 2.45. The molecule has 3 N–H and O–H groups in total. The first-order valence-electron chi connectivity index (χ1n) is 8.33. The van der Waals surface area contributed by atoms with Crippen LogP contribution < -0.4 is 10.6 Å². The van der Waals surface area contributed by atoms with E-state index in [9.17, 15) is 9.90 Å². The molecule has 1 fully saturated rings. The Hall–Kier alpha value is -2.19. The predicted molar refractivity (Wildman–Crippen MR) is 95.2 cm³/mol. The lowest BCUT2D eigenvalue weighted by Crippen LogP contribution is -2.46. The molecule has 1 saturated heterocycles. The van der Waals surface area contributed by atoms with Crippen LogP contribution in [0.25, 0.3) is 0 Å². The number of carboxylic acid groups (broad SMARTS) is 1. The summed E-state index contributed by atoms with van der Waals surface area (Å²) in [5, 5.41) is 9.30. The Balaban J connectivity index is 1.58. The minimum atomic E-state index is -0.862. The maximum atomic E-state index is 11.3. The van der Waals surface area contributed by atoms with E-state index >= 15 is 0 Å². The summed E-state index contributed by atoms with van der Waals surface area (Å²) in [7, 11) is 0. The minimum Gasteiger partial charge on any atom is -0.477 e. The highest BCUT2D eigenvalue weighted by molar-refractivity contribution is 7.14. The lowest BCUT2D eigenvalue weighted by atomic mass is 9.85. The van der Waals surface area contributed by atoms with Gasteiger partial charge in [0.25, 0.3) is 0 Å². The van der Waals surface area contributed by atoms with Gasteiger partial charge in [-0.15, -0.1) is 11.3 Å². The molecule has 0 aromatic carbocycles. The van der Waals surface area contributed by atoms with Crippen LogP contribution in [0.5, 0.6) is 0 Å². The van der Waals surface area contributed by atoms with Gasteiger partial charge in [0.1, 0.15) is 16.3 Å². The Morgan fingerprint density at radius 1 is 1.36 bits per heavy atom. The molecule has 2 aliphatic heterocycles. The number of aromatic carboxylic acids is 1. The van der Waals surface area contributed by atoms with Crippen LogP contribution in [0.4, 0.5) is 11.8 Å². The first-order valence-corrected chi connectivity index (χ1v) is 9.15. The molecule has 0 saturated carbocycles. The summed E-state index contributed by atoms with van der Waals surface area (Å²) >= 11 is 1.36. The molecule has 0 unspecified atom stereocenters. The molecule has 0 bridgehead atoms. The Morgan fingerprint density at radius 3 is 2.80 bits per heavy atom. The molecule has 0 radical (unpaired) electrons. The van der Waals surface area contributed by atoms with Gasteiger partial charge in [-0.25, -0.2) is 9.78 Å². The van der Waals surface area contributed by atoms with Gasteiger partial charge in [0.05, 0.1) is 6.61 Å². The second-order valence-corrected chi connectivity index (χ2v) is 7.63. The molecule has 0 aliphatic carbocycles. The van der Waals surface area contributed by atoms with Crippen molar-refractivity contribution in [1.82, 2.24) is 9.97 Å². The zero-order valence-corrected chi connectivity index (χ0v) is 14.8. The van der Waals surface area contributed by atoms with Crippen LogP contribution in [0.1, 0.15) is 38.6 Å². The van der Waals surface area contributed by atoms with Crippen molar-refractivity contribution < 1.29 is 14.6 Å². The zero-order valence-electron chi connectivity index (χ0n) is 14.0. The van der Waals surface area contributed by atoms with Crippen molar-refractivity contribution in [1.29, 1.82) is 0 Å². The first kappa shape index (κ1) is 16.3. The van der Waals surface area contributed by atoms with Crippen molar-refractivity contribution in [3.8, 4) is 0 Å². The van der Waals surface area contributed by atoms with E-state index in [2.05, 4.69) is 14.9 Å². The van der Waals surface area contributed by atoms with Gasteiger partial charge in [-0.05, 0) is 37.8 Å². The second kappa shape index (κ2) is 5.96. The fraction of sp³-hybridized carbons (Fsp3) is 0.471. The molecule has 0 amide bonds. The van der Waals surface area contributed by atoms with E-state index in [0.29, 0.717) is 11.5 Å². The molecule has 2 aromatic heterocycles. The van der Waals surface area contributed by atoms with Crippen LogP contribution in [0.3, 0.4) is 0 Å². The van der Waals surface area contributed by atoms with E-state index in [1.165, 1.54) is 11.3 Å². The maximum absolute atomic E-state index is 11.3. The number of nitrogens with two attached hydrogens (primary N) is 1. The summed E-state index contributed by atoms with van der Waals surface area (Å²) in [6.45, 7) is 4.12. The smallest absolute Gasteiger partial charge is 0.345 e. The van der Waals surface area contributed by atoms with E-state index in [4.69, 9.17) is 10.5 Å². The molecule has 132 valence electrons. The third-order valence-corrected chi connectivity index (χ3v) is 6.29. The summed E-state index contributed by atoms with van der Waals surface area (Å²) < 4.78 is 6.19. The number of hydrogen-bond acceptors (Lipinski definition) is 7. The fourth-order valence-electron chi connectivity index (χ4n) is 3.73. The third-order valence-electron chi connectivity index (χ3n) is 4.94. The average molecular weight is 360 g/mol. The quantitative estimate of drug-likeness (QED) is 0.846. The Morgan fingerprint density at radius 2 is 2.12 bits per heavy atom. The molecule has 25 heavy (non-hydrogen) atoms. The van der Waals surface area contributed by atoms with Crippen molar-refractivity contribution >= 4 is 29.1 Å². The Labute approximate surface area is 149 Å². The van der Waals surface area contributed by atoms with E-state index < -0.39 is 5.97 Å². The number of nitrogen functional groups attached to an aromatic ring is 1. The van der Waals surface area contributed by atoms with Crippen molar-refractivity contribution in [2.24, 2.45) is 0 Å². The van der Waals surface area contributed by atoms with Gasteiger partial charge in [-0.3, -0.25) is 0 Å². The van der Waals surface area contributed by atoms with Crippen molar-refractivity contribution in [3.05, 3.63) is 33.1 Å². The third kappa shape index (κ3) is 2.85. The molecule has 2 aliphatic rings. The molecule has 4 rings (SSSR count). The van der Waals surface area contributed by atoms with Crippen LogP contribution in [0.2, 0.25) is 0 Å². The Kier molecular flexibility index (Phi) is 3.88. The fourth-order valence-corrected chi connectivity index (χ4v) is 4.98. The van der Waals surface area contributed by atoms with E-state index in [1.54, 1.807) is 0 Å². The molecular weight excluding hydrogens is 340 g/mol. The highest BCUT2D eigenvalue weighted by atomic mass is 32.1. The molecule has 7 nitrogen and oxygen atoms in total. The standard InChI is InChI=1S/C17H20N4O3S/c1-10-8-13(20-16(18)19-10)21-5-3-17(4-6-21)14-11(2-7-24-17)9-12(25-14)15(22)23/h8-9H,2-7H2,1H3,(H,22,23)(H2,18,19,20). The van der Waals surface area contributed by atoms with E-state index in [-0.39, 0.29) is 11.5 Å². The van der Waals surface area contributed by atoms with Gasteiger partial charge in [0, 0.05) is 29.7 Å². The van der Waals surface area contributed by atoms with Crippen LogP contribution >= 0.6 is 11.3 Å². The first-order chi connectivity index (χ1) is 12.0. The summed E-state index contributed by atoms with van der Waals surface area (Å²) in [6, 6.07) is 3.75. The SMILES string of the molecule is Cc1cc(N2CCC3(CC2)OCCc2cc(C(=O)O)sc23)nc(N)n1. The van der Waals surface area contributed by atoms with Gasteiger partial charge in [-0.2, -0.15) is 4.98 Å². The Bertz CT molecular complexity index is 807. The van der Waals surface area contributed by atoms with Gasteiger partial charge in [0.15, 0.2) is 0 Å². The predicted octanol–water partition coefficient (Wildman–Crippen LogP) is 2.20. The van der Waals surface area contributed by atoms with Crippen LogP contribution in [-0.2, 0) is 16.8 Å². The van der Waals surface area contributed by atoms with Crippen molar-refractivity contribution in [2.75, 3.05) is 30.3 Å². The van der Waals surface area contributed by atoms with Gasteiger partial charge < -0.3 is 20.5 Å². The lowest BCUT2D eigenvalue weighted by molar-refractivity contribution is -0.0735. The molecule has 8 heteroatoms. The molecular formula is C17H20N4O3S. The number of fused-ring (bicyclic) bond motifs is 2. The van der Waals surface area contributed by atoms with Gasteiger partial charge in [-0.1, -0.05) is 0 Å². The largest absolute Gasteiger partial charge is 0.477 e. The molecule has 2 aromatic rings. The van der Waals surface area contributed by atoms with Crippen molar-refractivity contribution in [2.45, 2.75) is 31.8 Å². The highest BCUT2D eigenvalue weighted by Gasteiger charge is 2.43. The van der Waals surface area contributed by atoms with Crippen LogP contribution in [-0.4, -0.2) is 40.7 Å². The minimum absolute atomic E-state index is 0.288. The number of ether oxygens (including phenoxy) is 1. The van der Waals surface area contributed by atoms with Crippen LogP contribution in [0, 0.1) is 6.92 Å². The number of aryl methyl sites for hydroxylation is 1. The summed E-state index contributed by atoms with van der Waals surface area (Å²) in [5.41, 5.74) is 7.38. The van der Waals surface area contributed by atoms with Crippen LogP contribution in [0.15, 0.2) is 12.1 Å². The number of nitrogens with zero attached hydrogens (tertiary/aromatic N) is 3. The van der Waals surface area contributed by atoms with Gasteiger partial charge in [0.2, 0.25) is 5.95 Å². The number of carbonyl (C=O) groups is 1. The maximum Gasteiger partial charge on any atom is 0.345 e. The summed E-state index contributed by atoms with van der Waals surface area (Å²) in [6.07, 6.45) is 2.40.